The molecule has 0 aromatic heterocycles. The van der Waals surface area contributed by atoms with Crippen LogP contribution in [0.4, 0.5) is 0 Å². The van der Waals surface area contributed by atoms with Gasteiger partial charge in [-0.3, -0.25) is 4.79 Å². The molecular formula is C10H21NO2. The summed E-state index contributed by atoms with van der Waals surface area (Å²) in [5, 5.41) is 12.1. The molecule has 0 fully saturated rings. The molecule has 3 nitrogen and oxygen atoms in total. The summed E-state index contributed by atoms with van der Waals surface area (Å²) in [6.07, 6.45) is 0.964. The molecule has 0 aliphatic heterocycles. The van der Waals surface area contributed by atoms with E-state index < -0.39 is 0 Å². The van der Waals surface area contributed by atoms with Crippen molar-refractivity contribution in [1.29, 1.82) is 0 Å². The lowest BCUT2D eigenvalue weighted by Gasteiger charge is -2.16. The molecule has 0 heterocycles. The summed E-state index contributed by atoms with van der Waals surface area (Å²) in [5.74, 6) is 0.383. The van der Waals surface area contributed by atoms with Crippen molar-refractivity contribution in [3.05, 3.63) is 0 Å². The van der Waals surface area contributed by atoms with Crippen LogP contribution in [0.2, 0.25) is 0 Å². The van der Waals surface area contributed by atoms with E-state index in [2.05, 4.69) is 19.2 Å². The van der Waals surface area contributed by atoms with Gasteiger partial charge in [0.15, 0.2) is 0 Å². The van der Waals surface area contributed by atoms with Crippen LogP contribution in [-0.2, 0) is 4.79 Å². The molecule has 78 valence electrons. The Bertz CT molecular complexity index is 157. The SMILES string of the molecule is CNC(=O)C(C)CC(O)CC(C)C. The predicted molar refractivity (Wildman–Crippen MR) is 53.3 cm³/mol. The van der Waals surface area contributed by atoms with Crippen LogP contribution < -0.4 is 5.32 Å². The molecule has 0 aromatic carbocycles. The second kappa shape index (κ2) is 5.97. The maximum absolute atomic E-state index is 11.1. The largest absolute Gasteiger partial charge is 0.393 e. The van der Waals surface area contributed by atoms with Crippen LogP contribution >= 0.6 is 0 Å². The Labute approximate surface area is 80.5 Å². The molecule has 13 heavy (non-hydrogen) atoms. The maximum Gasteiger partial charge on any atom is 0.222 e. The van der Waals surface area contributed by atoms with Gasteiger partial charge in [0.25, 0.3) is 0 Å². The summed E-state index contributed by atoms with van der Waals surface area (Å²) in [6, 6.07) is 0. The third-order valence-electron chi connectivity index (χ3n) is 2.06. The summed E-state index contributed by atoms with van der Waals surface area (Å²) >= 11 is 0. The van der Waals surface area contributed by atoms with E-state index in [-0.39, 0.29) is 17.9 Å². The van der Waals surface area contributed by atoms with Crippen molar-refractivity contribution in [3.8, 4) is 0 Å². The fourth-order valence-corrected chi connectivity index (χ4v) is 1.40. The Balaban J connectivity index is 3.77. The van der Waals surface area contributed by atoms with Gasteiger partial charge in [-0.05, 0) is 18.8 Å². The Morgan fingerprint density at radius 3 is 2.23 bits per heavy atom. The van der Waals surface area contributed by atoms with Crippen molar-refractivity contribution in [2.45, 2.75) is 39.7 Å². The lowest BCUT2D eigenvalue weighted by atomic mass is 9.96. The van der Waals surface area contributed by atoms with E-state index in [1.54, 1.807) is 7.05 Å². The van der Waals surface area contributed by atoms with E-state index in [0.717, 1.165) is 6.42 Å². The van der Waals surface area contributed by atoms with Crippen LogP contribution in [0.25, 0.3) is 0 Å². The summed E-state index contributed by atoms with van der Waals surface area (Å²) < 4.78 is 0. The van der Waals surface area contributed by atoms with Crippen LogP contribution in [0.15, 0.2) is 0 Å². The lowest BCUT2D eigenvalue weighted by Crippen LogP contribution is -2.28. The molecule has 2 N–H and O–H groups in total. The van der Waals surface area contributed by atoms with Gasteiger partial charge in [-0.15, -0.1) is 0 Å². The summed E-state index contributed by atoms with van der Waals surface area (Å²) in [5.41, 5.74) is 0. The molecule has 0 radical (unpaired) electrons. The number of nitrogens with one attached hydrogen (secondary N) is 1. The van der Waals surface area contributed by atoms with E-state index in [1.807, 2.05) is 6.92 Å². The number of rotatable bonds is 5. The number of aliphatic hydroxyl groups is 1. The zero-order valence-corrected chi connectivity index (χ0v) is 9.00. The highest BCUT2D eigenvalue weighted by atomic mass is 16.3. The summed E-state index contributed by atoms with van der Waals surface area (Å²) in [7, 11) is 1.62. The van der Waals surface area contributed by atoms with Gasteiger partial charge in [0.2, 0.25) is 5.91 Å². The zero-order valence-electron chi connectivity index (χ0n) is 9.00. The molecule has 2 unspecified atom stereocenters. The molecule has 0 rings (SSSR count). The highest BCUT2D eigenvalue weighted by Crippen LogP contribution is 2.13. The van der Waals surface area contributed by atoms with E-state index in [9.17, 15) is 9.90 Å². The molecule has 2 atom stereocenters. The molecule has 0 saturated heterocycles. The molecule has 0 saturated carbocycles. The van der Waals surface area contributed by atoms with Gasteiger partial charge in [-0.2, -0.15) is 0 Å². The first-order chi connectivity index (χ1) is 5.97. The predicted octanol–water partition coefficient (Wildman–Crippen LogP) is 1.17. The van der Waals surface area contributed by atoms with Crippen LogP contribution in [0.5, 0.6) is 0 Å². The molecule has 1 amide bonds. The minimum absolute atomic E-state index is 0.00260. The van der Waals surface area contributed by atoms with Crippen LogP contribution in [0.3, 0.4) is 0 Å². The van der Waals surface area contributed by atoms with Crippen molar-refractivity contribution < 1.29 is 9.90 Å². The third kappa shape index (κ3) is 5.64. The zero-order chi connectivity index (χ0) is 10.4. The normalized spacial score (nSPS) is 15.5. The first-order valence-corrected chi connectivity index (χ1v) is 4.87. The van der Waals surface area contributed by atoms with Crippen LogP contribution in [0, 0.1) is 11.8 Å². The number of hydrogen-bond acceptors (Lipinski definition) is 2. The number of amides is 1. The van der Waals surface area contributed by atoms with E-state index in [0.29, 0.717) is 12.3 Å². The standard InChI is InChI=1S/C10H21NO2/c1-7(2)5-9(12)6-8(3)10(13)11-4/h7-9,12H,5-6H2,1-4H3,(H,11,13). The third-order valence-corrected chi connectivity index (χ3v) is 2.06. The average molecular weight is 187 g/mol. The molecule has 0 aromatic rings. The Kier molecular flexibility index (Phi) is 5.71. The van der Waals surface area contributed by atoms with Gasteiger partial charge in [0.1, 0.15) is 0 Å². The van der Waals surface area contributed by atoms with Gasteiger partial charge in [0, 0.05) is 13.0 Å². The molecule has 3 heteroatoms. The quantitative estimate of drug-likeness (QED) is 0.678. The Morgan fingerprint density at radius 1 is 1.31 bits per heavy atom. The highest BCUT2D eigenvalue weighted by Gasteiger charge is 2.16. The van der Waals surface area contributed by atoms with Crippen molar-refractivity contribution in [2.24, 2.45) is 11.8 Å². The monoisotopic (exact) mass is 187 g/mol. The second-order valence-electron chi connectivity index (χ2n) is 4.03. The van der Waals surface area contributed by atoms with Crippen LogP contribution in [-0.4, -0.2) is 24.2 Å². The van der Waals surface area contributed by atoms with E-state index >= 15 is 0 Å². The van der Waals surface area contributed by atoms with Gasteiger partial charge in [-0.25, -0.2) is 0 Å². The molecule has 0 spiro atoms. The number of carbonyl (C=O) groups excluding carboxylic acids is 1. The van der Waals surface area contributed by atoms with Crippen molar-refractivity contribution in [2.75, 3.05) is 7.05 Å². The number of aliphatic hydroxyl groups excluding tert-OH is 1. The van der Waals surface area contributed by atoms with Crippen molar-refractivity contribution >= 4 is 5.91 Å². The smallest absolute Gasteiger partial charge is 0.222 e. The highest BCUT2D eigenvalue weighted by molar-refractivity contribution is 5.77. The van der Waals surface area contributed by atoms with Gasteiger partial charge < -0.3 is 10.4 Å². The Hall–Kier alpha value is -0.570. The first kappa shape index (κ1) is 12.4. The van der Waals surface area contributed by atoms with Crippen molar-refractivity contribution in [3.63, 3.8) is 0 Å². The Morgan fingerprint density at radius 2 is 1.85 bits per heavy atom. The summed E-state index contributed by atoms with van der Waals surface area (Å²) in [4.78, 5) is 11.1. The fraction of sp³-hybridized carbons (Fsp3) is 0.900. The summed E-state index contributed by atoms with van der Waals surface area (Å²) in [6.45, 7) is 5.96. The number of hydrogen-bond donors (Lipinski definition) is 2. The minimum atomic E-state index is -0.354. The van der Waals surface area contributed by atoms with Crippen LogP contribution in [0.1, 0.15) is 33.6 Å². The fourth-order valence-electron chi connectivity index (χ4n) is 1.40. The van der Waals surface area contributed by atoms with Gasteiger partial charge in [-0.1, -0.05) is 20.8 Å². The average Bonchev–Trinajstić information content (AvgIpc) is 2.01. The maximum atomic E-state index is 11.1. The van der Waals surface area contributed by atoms with E-state index in [1.165, 1.54) is 0 Å². The molecule has 0 aliphatic rings. The molecule has 0 bridgehead atoms. The molecular weight excluding hydrogens is 166 g/mol. The number of carbonyl (C=O) groups is 1. The first-order valence-electron chi connectivity index (χ1n) is 4.87. The van der Waals surface area contributed by atoms with Gasteiger partial charge in [0.05, 0.1) is 6.10 Å². The van der Waals surface area contributed by atoms with Crippen molar-refractivity contribution in [1.82, 2.24) is 5.32 Å². The molecule has 0 aliphatic carbocycles. The van der Waals surface area contributed by atoms with E-state index in [4.69, 9.17) is 0 Å². The van der Waals surface area contributed by atoms with Gasteiger partial charge >= 0.3 is 0 Å². The second-order valence-corrected chi connectivity index (χ2v) is 4.03. The topological polar surface area (TPSA) is 49.3 Å². The lowest BCUT2D eigenvalue weighted by molar-refractivity contribution is -0.125. The minimum Gasteiger partial charge on any atom is -0.393 e.